The zero-order valence-corrected chi connectivity index (χ0v) is 10.1. The van der Waals surface area contributed by atoms with Gasteiger partial charge in [-0.3, -0.25) is 0 Å². The van der Waals surface area contributed by atoms with Gasteiger partial charge in [0.05, 0.1) is 5.69 Å². The van der Waals surface area contributed by atoms with Gasteiger partial charge >= 0.3 is 0 Å². The molecule has 0 saturated heterocycles. The molecule has 0 heterocycles. The zero-order chi connectivity index (χ0) is 12.3. The molecule has 0 amide bonds. The summed E-state index contributed by atoms with van der Waals surface area (Å²) in [5.41, 5.74) is 2.92. The second-order valence-corrected chi connectivity index (χ2v) is 4.26. The minimum absolute atomic E-state index is 0.0896. The van der Waals surface area contributed by atoms with Gasteiger partial charge in [0.1, 0.15) is 5.82 Å². The van der Waals surface area contributed by atoms with Gasteiger partial charge in [-0.05, 0) is 31.5 Å². The maximum Gasteiger partial charge on any atom is 0.146 e. The average Bonchev–Trinajstić information content (AvgIpc) is 2.32. The number of benzene rings is 2. The minimum Gasteiger partial charge on any atom is -0.376 e. The Morgan fingerprint density at radius 3 is 2.53 bits per heavy atom. The van der Waals surface area contributed by atoms with Crippen LogP contribution in [-0.2, 0) is 0 Å². The summed E-state index contributed by atoms with van der Waals surface area (Å²) in [4.78, 5) is 0. The maximum absolute atomic E-state index is 13.5. The van der Waals surface area contributed by atoms with Crippen LogP contribution in [0.25, 0.3) is 0 Å². The van der Waals surface area contributed by atoms with Crippen molar-refractivity contribution in [1.29, 1.82) is 0 Å². The van der Waals surface area contributed by atoms with Crippen LogP contribution in [0.4, 0.5) is 10.1 Å². The quantitative estimate of drug-likeness (QED) is 0.827. The monoisotopic (exact) mass is 229 g/mol. The van der Waals surface area contributed by atoms with Crippen molar-refractivity contribution < 1.29 is 4.39 Å². The first-order chi connectivity index (χ1) is 8.16. The molecule has 2 aromatic carbocycles. The predicted molar refractivity (Wildman–Crippen MR) is 69.6 cm³/mol. The number of rotatable bonds is 3. The van der Waals surface area contributed by atoms with E-state index >= 15 is 0 Å². The lowest BCUT2D eigenvalue weighted by Gasteiger charge is -2.16. The third-order valence-electron chi connectivity index (χ3n) is 2.79. The molecule has 88 valence electrons. The van der Waals surface area contributed by atoms with Crippen molar-refractivity contribution in [2.24, 2.45) is 0 Å². The molecule has 1 unspecified atom stereocenters. The van der Waals surface area contributed by atoms with Crippen LogP contribution in [0.2, 0.25) is 0 Å². The summed E-state index contributed by atoms with van der Waals surface area (Å²) >= 11 is 0. The summed E-state index contributed by atoms with van der Waals surface area (Å²) in [7, 11) is 0. The fraction of sp³-hybridized carbons (Fsp3) is 0.200. The summed E-state index contributed by atoms with van der Waals surface area (Å²) in [6.07, 6.45) is 0. The largest absolute Gasteiger partial charge is 0.376 e. The molecule has 1 nitrogen and oxygen atoms in total. The molecule has 2 heteroatoms. The third-order valence-corrected chi connectivity index (χ3v) is 2.79. The number of hydrogen-bond donors (Lipinski definition) is 1. The number of para-hydroxylation sites is 1. The van der Waals surface area contributed by atoms with Crippen LogP contribution >= 0.6 is 0 Å². The van der Waals surface area contributed by atoms with Gasteiger partial charge in [-0.15, -0.1) is 0 Å². The molecule has 0 aromatic heterocycles. The molecule has 0 spiro atoms. The zero-order valence-electron chi connectivity index (χ0n) is 10.1. The van der Waals surface area contributed by atoms with Crippen molar-refractivity contribution in [3.8, 4) is 0 Å². The Morgan fingerprint density at radius 1 is 1.06 bits per heavy atom. The van der Waals surface area contributed by atoms with Crippen molar-refractivity contribution in [3.05, 3.63) is 65.5 Å². The van der Waals surface area contributed by atoms with Gasteiger partial charge in [-0.2, -0.15) is 0 Å². The summed E-state index contributed by atoms with van der Waals surface area (Å²) in [5, 5.41) is 3.18. The van der Waals surface area contributed by atoms with E-state index < -0.39 is 0 Å². The predicted octanol–water partition coefficient (Wildman–Crippen LogP) is 4.31. The van der Waals surface area contributed by atoms with E-state index in [4.69, 9.17) is 0 Å². The number of anilines is 1. The number of halogens is 1. The van der Waals surface area contributed by atoms with E-state index in [-0.39, 0.29) is 11.9 Å². The highest BCUT2D eigenvalue weighted by Gasteiger charge is 2.07. The Hall–Kier alpha value is -1.83. The number of hydrogen-bond acceptors (Lipinski definition) is 1. The van der Waals surface area contributed by atoms with Crippen LogP contribution in [-0.4, -0.2) is 0 Å². The summed E-state index contributed by atoms with van der Waals surface area (Å²) in [6.45, 7) is 4.08. The molecule has 1 atom stereocenters. The molecule has 0 aliphatic heterocycles. The number of nitrogens with one attached hydrogen (secondary N) is 1. The molecule has 0 bridgehead atoms. The van der Waals surface area contributed by atoms with E-state index in [1.54, 1.807) is 12.1 Å². The Bertz CT molecular complexity index is 508. The van der Waals surface area contributed by atoms with E-state index in [2.05, 4.69) is 24.4 Å². The van der Waals surface area contributed by atoms with Gasteiger partial charge in [0.2, 0.25) is 0 Å². The van der Waals surface area contributed by atoms with Crippen LogP contribution in [0.1, 0.15) is 24.1 Å². The molecular formula is C15H16FN. The Kier molecular flexibility index (Phi) is 3.43. The van der Waals surface area contributed by atoms with Crippen molar-refractivity contribution >= 4 is 5.69 Å². The first-order valence-electron chi connectivity index (χ1n) is 5.74. The molecule has 0 aliphatic rings. The smallest absolute Gasteiger partial charge is 0.146 e. The topological polar surface area (TPSA) is 12.0 Å². The molecule has 0 saturated carbocycles. The van der Waals surface area contributed by atoms with Crippen LogP contribution in [0.3, 0.4) is 0 Å². The normalized spacial score (nSPS) is 12.2. The Labute approximate surface area is 101 Å². The van der Waals surface area contributed by atoms with Gasteiger partial charge < -0.3 is 5.32 Å². The van der Waals surface area contributed by atoms with Crippen molar-refractivity contribution in [1.82, 2.24) is 0 Å². The molecule has 2 rings (SSSR count). The van der Waals surface area contributed by atoms with Gasteiger partial charge in [0.15, 0.2) is 0 Å². The van der Waals surface area contributed by atoms with Gasteiger partial charge in [0.25, 0.3) is 0 Å². The lowest BCUT2D eigenvalue weighted by Crippen LogP contribution is -2.07. The van der Waals surface area contributed by atoms with E-state index in [0.29, 0.717) is 5.69 Å². The maximum atomic E-state index is 13.5. The highest BCUT2D eigenvalue weighted by molar-refractivity contribution is 5.46. The standard InChI is InChI=1S/C15H16FN/c1-11-6-5-7-13(10-11)12(2)17-15-9-4-3-8-14(15)16/h3-10,12,17H,1-2H3. The summed E-state index contributed by atoms with van der Waals surface area (Å²) < 4.78 is 13.5. The van der Waals surface area contributed by atoms with E-state index in [1.807, 2.05) is 25.1 Å². The molecule has 0 radical (unpaired) electrons. The van der Waals surface area contributed by atoms with E-state index in [0.717, 1.165) is 5.56 Å². The molecule has 17 heavy (non-hydrogen) atoms. The fourth-order valence-corrected chi connectivity index (χ4v) is 1.83. The van der Waals surface area contributed by atoms with Crippen LogP contribution in [0, 0.1) is 12.7 Å². The molecule has 0 fully saturated rings. The van der Waals surface area contributed by atoms with Crippen LogP contribution in [0.5, 0.6) is 0 Å². The van der Waals surface area contributed by atoms with Crippen molar-refractivity contribution in [3.63, 3.8) is 0 Å². The highest BCUT2D eigenvalue weighted by Crippen LogP contribution is 2.21. The van der Waals surface area contributed by atoms with Gasteiger partial charge in [-0.1, -0.05) is 42.0 Å². The van der Waals surface area contributed by atoms with Crippen molar-refractivity contribution in [2.45, 2.75) is 19.9 Å². The first-order valence-corrected chi connectivity index (χ1v) is 5.74. The first kappa shape index (κ1) is 11.6. The van der Waals surface area contributed by atoms with Crippen LogP contribution in [0.15, 0.2) is 48.5 Å². The van der Waals surface area contributed by atoms with E-state index in [9.17, 15) is 4.39 Å². The average molecular weight is 229 g/mol. The van der Waals surface area contributed by atoms with E-state index in [1.165, 1.54) is 11.6 Å². The minimum atomic E-state index is -0.216. The van der Waals surface area contributed by atoms with Crippen molar-refractivity contribution in [2.75, 3.05) is 5.32 Å². The van der Waals surface area contributed by atoms with Gasteiger partial charge in [0, 0.05) is 6.04 Å². The lowest BCUT2D eigenvalue weighted by molar-refractivity contribution is 0.627. The molecule has 1 N–H and O–H groups in total. The lowest BCUT2D eigenvalue weighted by atomic mass is 10.1. The second kappa shape index (κ2) is 5.00. The molecular weight excluding hydrogens is 213 g/mol. The SMILES string of the molecule is Cc1cccc(C(C)Nc2ccccc2F)c1. The second-order valence-electron chi connectivity index (χ2n) is 4.26. The van der Waals surface area contributed by atoms with Crippen LogP contribution < -0.4 is 5.32 Å². The fourth-order valence-electron chi connectivity index (χ4n) is 1.83. The van der Waals surface area contributed by atoms with Gasteiger partial charge in [-0.25, -0.2) is 4.39 Å². The highest BCUT2D eigenvalue weighted by atomic mass is 19.1. The number of aryl methyl sites for hydroxylation is 1. The summed E-state index contributed by atoms with van der Waals surface area (Å²) in [6, 6.07) is 15.1. The third kappa shape index (κ3) is 2.84. The molecule has 2 aromatic rings. The Morgan fingerprint density at radius 2 is 1.82 bits per heavy atom. The summed E-state index contributed by atoms with van der Waals surface area (Å²) in [5.74, 6) is -0.216. The Balaban J connectivity index is 2.17. The molecule has 0 aliphatic carbocycles.